The van der Waals surface area contributed by atoms with E-state index in [0.717, 1.165) is 5.56 Å². The van der Waals surface area contributed by atoms with Crippen molar-refractivity contribution < 1.29 is 28.7 Å². The zero-order valence-electron chi connectivity index (χ0n) is 17.6. The fraction of sp³-hybridized carbons (Fsp3) is 0.333. The van der Waals surface area contributed by atoms with Crippen molar-refractivity contribution in [1.82, 2.24) is 10.2 Å². The molecule has 3 aliphatic rings. The van der Waals surface area contributed by atoms with E-state index < -0.39 is 52.9 Å². The number of benzene rings is 2. The van der Waals surface area contributed by atoms with Gasteiger partial charge in [-0.15, -0.1) is 0 Å². The van der Waals surface area contributed by atoms with Gasteiger partial charge in [0.25, 0.3) is 0 Å². The van der Waals surface area contributed by atoms with Crippen molar-refractivity contribution in [2.45, 2.75) is 30.8 Å². The second-order valence-corrected chi connectivity index (χ2v) is 8.70. The molecule has 8 nitrogen and oxygen atoms in total. The highest BCUT2D eigenvalue weighted by Crippen LogP contribution is 2.53. The van der Waals surface area contributed by atoms with Gasteiger partial charge in [0, 0.05) is 30.3 Å². The summed E-state index contributed by atoms with van der Waals surface area (Å²) in [5.74, 6) is -5.09. The number of nitrogens with one attached hydrogen (secondary N) is 2. The van der Waals surface area contributed by atoms with Crippen molar-refractivity contribution in [3.8, 4) is 0 Å². The number of likely N-dealkylation sites (tertiary alicyclic amines) is 1. The number of hydrogen-bond acceptors (Lipinski definition) is 5. The summed E-state index contributed by atoms with van der Waals surface area (Å²) in [5, 5.41) is 15.0. The maximum atomic E-state index is 14.2. The fourth-order valence-electron chi connectivity index (χ4n) is 5.47. The first-order valence-electron chi connectivity index (χ1n) is 10.8. The van der Waals surface area contributed by atoms with Crippen LogP contribution in [0.25, 0.3) is 0 Å². The number of nitrogens with zero attached hydrogens (tertiary/aromatic N) is 1. The van der Waals surface area contributed by atoms with E-state index in [1.165, 1.54) is 23.1 Å². The SMILES string of the molecule is O=C(O)CC[C@H]1N[C@]2(C(=O)Nc3ccc(F)cc32)[C@@H]2C(=O)N(CCc3ccccc3)C(=O)[C@@H]21. The number of carboxylic acids is 1. The molecule has 2 saturated heterocycles. The maximum absolute atomic E-state index is 14.2. The van der Waals surface area contributed by atoms with Gasteiger partial charge in [0.15, 0.2) is 0 Å². The number of anilines is 1. The molecule has 3 amide bonds. The lowest BCUT2D eigenvalue weighted by Crippen LogP contribution is -2.53. The molecule has 9 heteroatoms. The van der Waals surface area contributed by atoms with Crippen molar-refractivity contribution in [3.05, 3.63) is 65.5 Å². The molecule has 2 fully saturated rings. The van der Waals surface area contributed by atoms with Crippen LogP contribution >= 0.6 is 0 Å². The van der Waals surface area contributed by atoms with E-state index in [4.69, 9.17) is 0 Å². The van der Waals surface area contributed by atoms with Crippen LogP contribution in [-0.2, 0) is 31.1 Å². The van der Waals surface area contributed by atoms with Crippen LogP contribution in [0.3, 0.4) is 0 Å². The van der Waals surface area contributed by atoms with Gasteiger partial charge in [-0.3, -0.25) is 29.4 Å². The predicted molar refractivity (Wildman–Crippen MR) is 114 cm³/mol. The number of halogens is 1. The number of amides is 3. The van der Waals surface area contributed by atoms with Crippen LogP contribution in [0.2, 0.25) is 0 Å². The number of rotatable bonds is 6. The molecule has 3 N–H and O–H groups in total. The van der Waals surface area contributed by atoms with Crippen LogP contribution in [0.5, 0.6) is 0 Å². The van der Waals surface area contributed by atoms with Crippen LogP contribution in [0.4, 0.5) is 10.1 Å². The van der Waals surface area contributed by atoms with E-state index in [2.05, 4.69) is 10.6 Å². The van der Waals surface area contributed by atoms with Crippen molar-refractivity contribution in [1.29, 1.82) is 0 Å². The molecule has 3 aliphatic heterocycles. The number of hydrogen-bond donors (Lipinski definition) is 3. The van der Waals surface area contributed by atoms with Crippen LogP contribution in [0.1, 0.15) is 24.0 Å². The van der Waals surface area contributed by atoms with Crippen molar-refractivity contribution >= 4 is 29.4 Å². The lowest BCUT2D eigenvalue weighted by molar-refractivity contribution is -0.143. The van der Waals surface area contributed by atoms with Crippen molar-refractivity contribution in [3.63, 3.8) is 0 Å². The van der Waals surface area contributed by atoms with Gasteiger partial charge < -0.3 is 10.4 Å². The predicted octanol–water partition coefficient (Wildman–Crippen LogP) is 1.65. The maximum Gasteiger partial charge on any atom is 0.303 e. The van der Waals surface area contributed by atoms with Gasteiger partial charge in [0.2, 0.25) is 17.7 Å². The Morgan fingerprint density at radius 1 is 1.09 bits per heavy atom. The fourth-order valence-corrected chi connectivity index (χ4v) is 5.47. The molecule has 0 saturated carbocycles. The summed E-state index contributed by atoms with van der Waals surface area (Å²) < 4.78 is 14.2. The van der Waals surface area contributed by atoms with Crippen LogP contribution < -0.4 is 10.6 Å². The highest BCUT2D eigenvalue weighted by atomic mass is 19.1. The number of aliphatic carboxylic acids is 1. The minimum Gasteiger partial charge on any atom is -0.481 e. The summed E-state index contributed by atoms with van der Waals surface area (Å²) in [4.78, 5) is 52.6. The molecule has 5 rings (SSSR count). The first-order valence-corrected chi connectivity index (χ1v) is 10.8. The largest absolute Gasteiger partial charge is 0.481 e. The van der Waals surface area contributed by atoms with Crippen molar-refractivity contribution in [2.75, 3.05) is 11.9 Å². The average Bonchev–Trinajstić information content (AvgIpc) is 3.37. The number of imide groups is 1. The van der Waals surface area contributed by atoms with E-state index in [1.807, 2.05) is 30.3 Å². The van der Waals surface area contributed by atoms with E-state index >= 15 is 0 Å². The minimum absolute atomic E-state index is 0.0573. The zero-order valence-corrected chi connectivity index (χ0v) is 17.6. The number of carbonyl (C=O) groups excluding carboxylic acids is 3. The van der Waals surface area contributed by atoms with E-state index in [1.54, 1.807) is 0 Å². The first-order chi connectivity index (χ1) is 15.8. The Morgan fingerprint density at radius 3 is 2.58 bits per heavy atom. The van der Waals surface area contributed by atoms with Crippen LogP contribution in [0, 0.1) is 17.7 Å². The number of carboxylic acid groups (broad SMARTS) is 1. The summed E-state index contributed by atoms with van der Waals surface area (Å²) in [7, 11) is 0. The van der Waals surface area contributed by atoms with E-state index in [-0.39, 0.29) is 24.9 Å². The number of carbonyl (C=O) groups is 4. The van der Waals surface area contributed by atoms with Gasteiger partial charge >= 0.3 is 5.97 Å². The molecule has 0 unspecified atom stereocenters. The molecule has 0 radical (unpaired) electrons. The smallest absolute Gasteiger partial charge is 0.303 e. The average molecular weight is 451 g/mol. The summed E-state index contributed by atoms with van der Waals surface area (Å²) >= 11 is 0. The summed E-state index contributed by atoms with van der Waals surface area (Å²) in [6.07, 6.45) is 0.275. The van der Waals surface area contributed by atoms with Gasteiger partial charge in [-0.05, 0) is 36.6 Å². The molecule has 2 aromatic carbocycles. The minimum atomic E-state index is -1.63. The third kappa shape index (κ3) is 3.22. The van der Waals surface area contributed by atoms with Gasteiger partial charge in [-0.2, -0.15) is 0 Å². The molecule has 3 heterocycles. The Morgan fingerprint density at radius 2 is 1.85 bits per heavy atom. The Balaban J connectivity index is 1.53. The van der Waals surface area contributed by atoms with Gasteiger partial charge in [0.1, 0.15) is 11.4 Å². The summed E-state index contributed by atoms with van der Waals surface area (Å²) in [6, 6.07) is 12.5. The Kier molecular flexibility index (Phi) is 5.01. The van der Waals surface area contributed by atoms with Gasteiger partial charge in [0.05, 0.1) is 11.8 Å². The number of fused-ring (bicyclic) bond motifs is 4. The second-order valence-electron chi connectivity index (χ2n) is 8.70. The van der Waals surface area contributed by atoms with Crippen LogP contribution in [0.15, 0.2) is 48.5 Å². The molecule has 0 aromatic heterocycles. The lowest BCUT2D eigenvalue weighted by Gasteiger charge is -2.29. The van der Waals surface area contributed by atoms with E-state index in [9.17, 15) is 28.7 Å². The standard InChI is InChI=1S/C24H22FN3O5/c25-14-6-7-16-15(12-14)24(23(33)26-16)20-19(17(27-24)8-9-18(29)30)21(31)28(22(20)32)11-10-13-4-2-1-3-5-13/h1-7,12,17,19-20,27H,8-11H2,(H,26,33)(H,29,30)/t17-,19-,20+,24+/m1/s1. The Labute approximate surface area is 188 Å². The molecular formula is C24H22FN3O5. The summed E-state index contributed by atoms with van der Waals surface area (Å²) in [6.45, 7) is 0.147. The molecule has 0 bridgehead atoms. The van der Waals surface area contributed by atoms with E-state index in [0.29, 0.717) is 12.1 Å². The normalized spacial score (nSPS) is 27.7. The molecule has 1 spiro atoms. The molecule has 170 valence electrons. The molecule has 33 heavy (non-hydrogen) atoms. The Bertz CT molecular complexity index is 1170. The van der Waals surface area contributed by atoms with Crippen molar-refractivity contribution in [2.24, 2.45) is 11.8 Å². The highest BCUT2D eigenvalue weighted by molar-refractivity contribution is 6.15. The molecule has 2 aromatic rings. The monoisotopic (exact) mass is 451 g/mol. The molecule has 4 atom stereocenters. The third-order valence-electron chi connectivity index (χ3n) is 6.90. The third-order valence-corrected chi connectivity index (χ3v) is 6.90. The Hall–Kier alpha value is -3.59. The van der Waals surface area contributed by atoms with Crippen LogP contribution in [-0.4, -0.2) is 46.3 Å². The molecule has 0 aliphatic carbocycles. The molecular weight excluding hydrogens is 429 g/mol. The summed E-state index contributed by atoms with van der Waals surface area (Å²) in [5.41, 5.74) is -0.0307. The quantitative estimate of drug-likeness (QED) is 0.576. The topological polar surface area (TPSA) is 116 Å². The zero-order chi connectivity index (χ0) is 23.3. The second kappa shape index (κ2) is 7.77. The first kappa shape index (κ1) is 21.3. The lowest BCUT2D eigenvalue weighted by atomic mass is 9.76. The van der Waals surface area contributed by atoms with Gasteiger partial charge in [-0.25, -0.2) is 4.39 Å². The van der Waals surface area contributed by atoms with Gasteiger partial charge in [-0.1, -0.05) is 30.3 Å². The highest BCUT2D eigenvalue weighted by Gasteiger charge is 2.70.